The van der Waals surface area contributed by atoms with Gasteiger partial charge < -0.3 is 5.41 Å². The molecule has 0 radical (unpaired) electrons. The molecule has 1 N–H and O–H groups in total. The predicted octanol–water partition coefficient (Wildman–Crippen LogP) is 12.1. The van der Waals surface area contributed by atoms with Crippen LogP contribution in [0, 0.1) is 12.3 Å². The Morgan fingerprint density at radius 2 is 1.15 bits per heavy atom. The van der Waals surface area contributed by atoms with Crippen LogP contribution in [-0.2, 0) is 18.3 Å². The maximum absolute atomic E-state index is 6.82. The van der Waals surface area contributed by atoms with E-state index in [-0.39, 0.29) is 0 Å². The Morgan fingerprint density at radius 1 is 0.600 bits per heavy atom. The van der Waals surface area contributed by atoms with Gasteiger partial charge in [0.1, 0.15) is 0 Å². The molecule has 0 atom stereocenters. The molecule has 0 unspecified atom stereocenters. The molecule has 8 rings (SSSR count). The van der Waals surface area contributed by atoms with Crippen molar-refractivity contribution >= 4 is 18.4 Å². The van der Waals surface area contributed by atoms with Crippen LogP contribution in [0.4, 0.5) is 0 Å². The maximum Gasteiger partial charge on any atom is 0.0695 e. The minimum Gasteiger partial charge on any atom is -0.313 e. The van der Waals surface area contributed by atoms with Gasteiger partial charge in [-0.05, 0) is 99.9 Å². The number of hydrogen-bond acceptors (Lipinski definition) is 1. The number of allylic oxidation sites excluding steroid dienone is 6. The van der Waals surface area contributed by atoms with E-state index in [2.05, 4.69) is 172 Å². The zero-order valence-electron chi connectivity index (χ0n) is 32.2. The smallest absolute Gasteiger partial charge is 0.0695 e. The van der Waals surface area contributed by atoms with E-state index in [0.717, 1.165) is 36.8 Å². The molecule has 272 valence electrons. The topological polar surface area (TPSA) is 23.9 Å². The Labute approximate surface area is 328 Å². The zero-order chi connectivity index (χ0) is 38.5. The van der Waals surface area contributed by atoms with Crippen LogP contribution >= 0.6 is 0 Å². The van der Waals surface area contributed by atoms with Gasteiger partial charge in [-0.25, -0.2) is 0 Å². The summed E-state index contributed by atoms with van der Waals surface area (Å²) in [5.41, 5.74) is 13.3. The summed E-state index contributed by atoms with van der Waals surface area (Å²) in [6, 6.07) is 55.3. The Morgan fingerprint density at radius 3 is 1.78 bits per heavy atom. The second-order valence-corrected chi connectivity index (χ2v) is 14.3. The molecule has 0 heterocycles. The SMILES string of the molecule is C=C1/C=C\C=C(\C)CC/C=c2/cccc/c2=C/C(=C)C12c1ccccc1Cc1ccccc12.Cc1ccc(-c2ccccc2)cc1.N=CCc1ccccc1. The summed E-state index contributed by atoms with van der Waals surface area (Å²) in [6.45, 7) is 13.7. The first-order valence-electron chi connectivity index (χ1n) is 19.2. The summed E-state index contributed by atoms with van der Waals surface area (Å²) in [6.07, 6.45) is 16.4. The van der Waals surface area contributed by atoms with Crippen molar-refractivity contribution in [2.75, 3.05) is 0 Å². The molecular formula is C54H51N. The highest BCUT2D eigenvalue weighted by atomic mass is 14.4. The second-order valence-electron chi connectivity index (χ2n) is 14.3. The summed E-state index contributed by atoms with van der Waals surface area (Å²) in [5.74, 6) is 0. The summed E-state index contributed by atoms with van der Waals surface area (Å²) in [7, 11) is 0. The summed E-state index contributed by atoms with van der Waals surface area (Å²) in [5, 5.41) is 9.28. The van der Waals surface area contributed by atoms with Crippen LogP contribution in [0.1, 0.15) is 53.1 Å². The van der Waals surface area contributed by atoms with E-state index in [9.17, 15) is 0 Å². The number of rotatable bonds is 3. The van der Waals surface area contributed by atoms with Crippen LogP contribution in [0.15, 0.2) is 206 Å². The van der Waals surface area contributed by atoms with Crippen molar-refractivity contribution in [1.29, 1.82) is 5.41 Å². The molecule has 0 saturated carbocycles. The van der Waals surface area contributed by atoms with Gasteiger partial charge in [0, 0.05) is 6.42 Å². The van der Waals surface area contributed by atoms with Gasteiger partial charge in [0.25, 0.3) is 0 Å². The third-order valence-electron chi connectivity index (χ3n) is 10.4. The van der Waals surface area contributed by atoms with Gasteiger partial charge in [0.05, 0.1) is 5.41 Å². The third-order valence-corrected chi connectivity index (χ3v) is 10.4. The monoisotopic (exact) mass is 713 g/mol. The predicted molar refractivity (Wildman–Crippen MR) is 237 cm³/mol. The van der Waals surface area contributed by atoms with Crippen molar-refractivity contribution in [1.82, 2.24) is 0 Å². The van der Waals surface area contributed by atoms with Gasteiger partial charge >= 0.3 is 0 Å². The lowest BCUT2D eigenvalue weighted by Gasteiger charge is -2.43. The molecule has 0 aliphatic heterocycles. The van der Waals surface area contributed by atoms with Crippen molar-refractivity contribution in [2.45, 2.75) is 44.9 Å². The molecule has 0 bridgehead atoms. The van der Waals surface area contributed by atoms with Crippen LogP contribution in [0.2, 0.25) is 0 Å². The zero-order valence-corrected chi connectivity index (χ0v) is 32.2. The average Bonchev–Trinajstić information content (AvgIpc) is 3.22. The highest BCUT2D eigenvalue weighted by Gasteiger charge is 2.43. The number of nitrogens with one attached hydrogen (secondary N) is 1. The molecule has 2 aliphatic rings. The van der Waals surface area contributed by atoms with Crippen molar-refractivity contribution in [3.05, 3.63) is 250 Å². The summed E-state index contributed by atoms with van der Waals surface area (Å²) in [4.78, 5) is 0. The first-order valence-corrected chi connectivity index (χ1v) is 19.2. The van der Waals surface area contributed by atoms with E-state index in [1.807, 2.05) is 36.4 Å². The quantitative estimate of drug-likeness (QED) is 0.177. The molecular weight excluding hydrogens is 663 g/mol. The largest absolute Gasteiger partial charge is 0.313 e. The van der Waals surface area contributed by atoms with Gasteiger partial charge in [-0.1, -0.05) is 212 Å². The summed E-state index contributed by atoms with van der Waals surface area (Å²) >= 11 is 0. The van der Waals surface area contributed by atoms with Gasteiger partial charge in [-0.3, -0.25) is 0 Å². The minimum absolute atomic E-state index is 0.509. The molecule has 0 amide bonds. The fraction of sp³-hybridized carbons (Fsp3) is 0.130. The van der Waals surface area contributed by atoms with Gasteiger partial charge in [-0.15, -0.1) is 0 Å². The first kappa shape index (κ1) is 38.4. The van der Waals surface area contributed by atoms with Crippen molar-refractivity contribution < 1.29 is 0 Å². The highest BCUT2D eigenvalue weighted by Crippen LogP contribution is 2.51. The molecule has 1 heteroatoms. The number of benzene rings is 6. The molecule has 0 saturated heterocycles. The second kappa shape index (κ2) is 18.6. The van der Waals surface area contributed by atoms with Crippen LogP contribution < -0.4 is 10.4 Å². The lowest BCUT2D eigenvalue weighted by atomic mass is 9.59. The molecule has 1 nitrogen and oxygen atoms in total. The van der Waals surface area contributed by atoms with E-state index in [1.165, 1.54) is 66.7 Å². The van der Waals surface area contributed by atoms with Crippen molar-refractivity contribution in [2.24, 2.45) is 0 Å². The third kappa shape index (κ3) is 9.26. The summed E-state index contributed by atoms with van der Waals surface area (Å²) < 4.78 is 0. The van der Waals surface area contributed by atoms with E-state index in [0.29, 0.717) is 0 Å². The molecule has 2 aliphatic carbocycles. The lowest BCUT2D eigenvalue weighted by Crippen LogP contribution is -2.37. The van der Waals surface area contributed by atoms with E-state index < -0.39 is 5.41 Å². The Hall–Kier alpha value is -6.31. The molecule has 6 aromatic rings. The minimum atomic E-state index is -0.509. The van der Waals surface area contributed by atoms with Gasteiger partial charge in [-0.2, -0.15) is 0 Å². The first-order chi connectivity index (χ1) is 26.9. The number of aryl methyl sites for hydroxylation is 1. The average molecular weight is 714 g/mol. The van der Waals surface area contributed by atoms with Crippen LogP contribution in [-0.4, -0.2) is 6.21 Å². The lowest BCUT2D eigenvalue weighted by molar-refractivity contribution is 0.712. The molecule has 6 aromatic carbocycles. The van der Waals surface area contributed by atoms with Gasteiger partial charge in [0.2, 0.25) is 0 Å². The van der Waals surface area contributed by atoms with E-state index in [1.54, 1.807) is 0 Å². The fourth-order valence-electron chi connectivity index (χ4n) is 7.55. The molecule has 0 fully saturated rings. The van der Waals surface area contributed by atoms with Crippen molar-refractivity contribution in [3.8, 4) is 11.1 Å². The van der Waals surface area contributed by atoms with Crippen molar-refractivity contribution in [3.63, 3.8) is 0 Å². The van der Waals surface area contributed by atoms with Crippen LogP contribution in [0.3, 0.4) is 0 Å². The Bertz CT molecular complexity index is 2380. The molecule has 1 spiro atoms. The van der Waals surface area contributed by atoms with E-state index in [4.69, 9.17) is 12.0 Å². The number of fused-ring (bicyclic) bond motifs is 5. The van der Waals surface area contributed by atoms with E-state index >= 15 is 0 Å². The van der Waals surface area contributed by atoms with Crippen LogP contribution in [0.5, 0.6) is 0 Å². The molecule has 55 heavy (non-hydrogen) atoms. The maximum atomic E-state index is 6.82. The highest BCUT2D eigenvalue weighted by molar-refractivity contribution is 5.73. The van der Waals surface area contributed by atoms with Gasteiger partial charge in [0.15, 0.2) is 0 Å². The molecule has 0 aromatic heterocycles. The Kier molecular flexibility index (Phi) is 13.0. The Balaban J connectivity index is 0.000000189. The standard InChI is InChI=1S/C33H30.C13H12.C8H9N/c1-24-12-10-14-25(2)33(26(3)22-28-16-5-4-15-27(28)19-11-13-24)31-20-8-6-17-29(31)23-30-18-7-9-21-32(30)33;1-11-7-9-13(10-8-11)12-5-3-2-4-6-12;9-7-6-8-4-2-1-3-5-8/h4-10,12,14-22H,2-3,11,13,23H2,1H3;2-10H,1H3;1-5,7,9H,6H2/b14-10-,24-12-,27-19-,28-22-;;. The number of hydrogen-bond donors (Lipinski definition) is 1. The fourth-order valence-corrected chi connectivity index (χ4v) is 7.55. The normalized spacial score (nSPS) is 16.9. The van der Waals surface area contributed by atoms with Crippen LogP contribution in [0.25, 0.3) is 23.3 Å².